The van der Waals surface area contributed by atoms with Crippen LogP contribution in [-0.2, 0) is 19.3 Å². The Bertz CT molecular complexity index is 514. The average Bonchev–Trinajstić information content (AvgIpc) is 2.81. The second-order valence-electron chi connectivity index (χ2n) is 6.99. The highest BCUT2D eigenvalue weighted by molar-refractivity contribution is 7.90. The number of carbonyl (C=O) groups excluding carboxylic acids is 1. The third-order valence-corrected chi connectivity index (χ3v) is 5.48. The number of hydrogen-bond acceptors (Lipinski definition) is 5. The van der Waals surface area contributed by atoms with E-state index in [1.807, 2.05) is 0 Å². The molecular weight excluding hydrogens is 320 g/mol. The van der Waals surface area contributed by atoms with Crippen LogP contribution in [0, 0.1) is 5.92 Å². The van der Waals surface area contributed by atoms with Crippen LogP contribution in [0.5, 0.6) is 0 Å². The molecule has 2 rings (SSSR count). The molecule has 134 valence electrons. The van der Waals surface area contributed by atoms with E-state index in [-0.39, 0.29) is 17.9 Å². The Balaban J connectivity index is 1.69. The maximum atomic E-state index is 11.8. The van der Waals surface area contributed by atoms with Crippen LogP contribution in [-0.4, -0.2) is 57.5 Å². The van der Waals surface area contributed by atoms with E-state index < -0.39 is 21.7 Å². The van der Waals surface area contributed by atoms with Gasteiger partial charge in [0, 0.05) is 31.7 Å². The van der Waals surface area contributed by atoms with Gasteiger partial charge < -0.3 is 20.1 Å². The number of hydrogen-bond donors (Lipinski definition) is 2. The molecule has 2 aliphatic rings. The van der Waals surface area contributed by atoms with E-state index in [2.05, 4.69) is 17.6 Å². The highest BCUT2D eigenvalue weighted by Crippen LogP contribution is 2.39. The first-order chi connectivity index (χ1) is 10.7. The number of rotatable bonds is 5. The Labute approximate surface area is 138 Å². The first-order valence-electron chi connectivity index (χ1n) is 8.21. The van der Waals surface area contributed by atoms with Gasteiger partial charge in [0.2, 0.25) is 0 Å². The normalized spacial score (nSPS) is 32.7. The summed E-state index contributed by atoms with van der Waals surface area (Å²) in [6, 6.07) is -0.820. The monoisotopic (exact) mass is 348 g/mol. The number of ether oxygens (including phenoxy) is 2. The summed E-state index contributed by atoms with van der Waals surface area (Å²) >= 11 is 0. The molecule has 1 saturated carbocycles. The Hall–Kier alpha value is -0.860. The fourth-order valence-electron chi connectivity index (χ4n) is 3.16. The van der Waals surface area contributed by atoms with Gasteiger partial charge in [-0.15, -0.1) is 0 Å². The average molecular weight is 348 g/mol. The Kier molecular flexibility index (Phi) is 5.91. The maximum Gasteiger partial charge on any atom is 0.315 e. The molecule has 8 heteroatoms. The lowest BCUT2D eigenvalue weighted by molar-refractivity contribution is -0.191. The third-order valence-electron chi connectivity index (χ3n) is 4.37. The second-order valence-corrected chi connectivity index (χ2v) is 9.18. The zero-order valence-electron chi connectivity index (χ0n) is 14.1. The number of amides is 2. The largest absolute Gasteiger partial charge is 0.347 e. The van der Waals surface area contributed by atoms with Crippen LogP contribution < -0.4 is 10.6 Å². The van der Waals surface area contributed by atoms with E-state index in [9.17, 15) is 13.2 Å². The molecule has 1 aliphatic carbocycles. The molecule has 0 aromatic heterocycles. The Morgan fingerprint density at radius 1 is 1.35 bits per heavy atom. The summed E-state index contributed by atoms with van der Waals surface area (Å²) in [6.45, 7) is 4.74. The molecule has 0 unspecified atom stereocenters. The molecule has 1 spiro atoms. The van der Waals surface area contributed by atoms with Gasteiger partial charge in [-0.2, -0.15) is 0 Å². The van der Waals surface area contributed by atoms with E-state index in [1.54, 1.807) is 6.92 Å². The van der Waals surface area contributed by atoms with Crippen molar-refractivity contribution in [1.82, 2.24) is 10.6 Å². The standard InChI is InChI=1S/C15H28N2O5S/c1-11-4-6-15(7-5-11)21-9-13(22-15)8-16-14(18)17-12(2)10-23(3,19)20/h11-13H,4-10H2,1-3H3,(H2,16,17,18)/t11?,12-,13+,15?/m1/s1. The van der Waals surface area contributed by atoms with Crippen molar-refractivity contribution < 1.29 is 22.7 Å². The van der Waals surface area contributed by atoms with Gasteiger partial charge in [-0.05, 0) is 25.7 Å². The third kappa shape index (κ3) is 5.93. The van der Waals surface area contributed by atoms with E-state index in [0.29, 0.717) is 19.1 Å². The van der Waals surface area contributed by atoms with Gasteiger partial charge in [-0.3, -0.25) is 0 Å². The molecule has 1 saturated heterocycles. The summed E-state index contributed by atoms with van der Waals surface area (Å²) in [5.74, 6) is 0.177. The van der Waals surface area contributed by atoms with E-state index in [0.717, 1.165) is 31.9 Å². The zero-order valence-corrected chi connectivity index (χ0v) is 14.9. The van der Waals surface area contributed by atoms with E-state index in [1.165, 1.54) is 0 Å². The van der Waals surface area contributed by atoms with Crippen molar-refractivity contribution in [2.45, 2.75) is 57.5 Å². The van der Waals surface area contributed by atoms with E-state index in [4.69, 9.17) is 9.47 Å². The molecule has 0 aromatic rings. The lowest BCUT2D eigenvalue weighted by Crippen LogP contribution is -2.46. The summed E-state index contributed by atoms with van der Waals surface area (Å²) in [4.78, 5) is 11.8. The smallest absolute Gasteiger partial charge is 0.315 e. The van der Waals surface area contributed by atoms with Crippen LogP contribution in [0.15, 0.2) is 0 Å². The summed E-state index contributed by atoms with van der Waals surface area (Å²) in [5, 5.41) is 5.33. The molecule has 2 N–H and O–H groups in total. The van der Waals surface area contributed by atoms with Gasteiger partial charge in [0.1, 0.15) is 15.9 Å². The molecule has 0 radical (unpaired) electrons. The fourth-order valence-corrected chi connectivity index (χ4v) is 4.15. The van der Waals surface area contributed by atoms with Crippen molar-refractivity contribution >= 4 is 15.9 Å². The summed E-state index contributed by atoms with van der Waals surface area (Å²) < 4.78 is 34.2. The predicted molar refractivity (Wildman–Crippen MR) is 86.9 cm³/mol. The highest BCUT2D eigenvalue weighted by atomic mass is 32.2. The number of carbonyl (C=O) groups is 1. The van der Waals surface area contributed by atoms with Crippen LogP contribution in [0.3, 0.4) is 0 Å². The van der Waals surface area contributed by atoms with Gasteiger partial charge in [-0.1, -0.05) is 6.92 Å². The summed E-state index contributed by atoms with van der Waals surface area (Å²) in [7, 11) is -3.11. The lowest BCUT2D eigenvalue weighted by Gasteiger charge is -2.34. The predicted octanol–water partition coefficient (Wildman–Crippen LogP) is 1.04. The minimum Gasteiger partial charge on any atom is -0.347 e. The van der Waals surface area contributed by atoms with Crippen molar-refractivity contribution in [3.63, 3.8) is 0 Å². The SMILES string of the molecule is CC1CCC2(CC1)OC[C@H](CNC(=O)N[C@H](C)CS(C)(=O)=O)O2. The molecule has 0 bridgehead atoms. The Morgan fingerprint density at radius 2 is 2.00 bits per heavy atom. The molecule has 2 fully saturated rings. The van der Waals surface area contributed by atoms with Crippen LogP contribution in [0.1, 0.15) is 39.5 Å². The molecular formula is C15H28N2O5S. The minimum atomic E-state index is -3.11. The van der Waals surface area contributed by atoms with Crippen LogP contribution >= 0.6 is 0 Å². The second kappa shape index (κ2) is 7.36. The highest BCUT2D eigenvalue weighted by Gasteiger charge is 2.43. The number of nitrogens with one attached hydrogen (secondary N) is 2. The van der Waals surface area contributed by atoms with Crippen molar-refractivity contribution in [3.05, 3.63) is 0 Å². The van der Waals surface area contributed by atoms with Gasteiger partial charge in [0.25, 0.3) is 0 Å². The fraction of sp³-hybridized carbons (Fsp3) is 0.933. The topological polar surface area (TPSA) is 93.7 Å². The quantitative estimate of drug-likeness (QED) is 0.774. The molecule has 7 nitrogen and oxygen atoms in total. The van der Waals surface area contributed by atoms with Crippen LogP contribution in [0.2, 0.25) is 0 Å². The van der Waals surface area contributed by atoms with Gasteiger partial charge in [0.05, 0.1) is 12.4 Å². The van der Waals surface area contributed by atoms with Crippen molar-refractivity contribution in [3.8, 4) is 0 Å². The molecule has 0 aromatic carbocycles. The molecule has 2 atom stereocenters. The van der Waals surface area contributed by atoms with Crippen LogP contribution in [0.4, 0.5) is 4.79 Å². The lowest BCUT2D eigenvalue weighted by atomic mass is 9.86. The molecule has 1 heterocycles. The zero-order chi connectivity index (χ0) is 17.1. The van der Waals surface area contributed by atoms with Crippen molar-refractivity contribution in [2.24, 2.45) is 5.92 Å². The number of sulfone groups is 1. The van der Waals surface area contributed by atoms with Gasteiger partial charge in [0.15, 0.2) is 5.79 Å². The van der Waals surface area contributed by atoms with Gasteiger partial charge in [-0.25, -0.2) is 13.2 Å². The molecule has 23 heavy (non-hydrogen) atoms. The first kappa shape index (κ1) is 18.5. The van der Waals surface area contributed by atoms with Crippen molar-refractivity contribution in [2.75, 3.05) is 25.2 Å². The number of urea groups is 1. The maximum absolute atomic E-state index is 11.8. The molecule has 1 aliphatic heterocycles. The van der Waals surface area contributed by atoms with Gasteiger partial charge >= 0.3 is 6.03 Å². The Morgan fingerprint density at radius 3 is 2.61 bits per heavy atom. The van der Waals surface area contributed by atoms with Crippen molar-refractivity contribution in [1.29, 1.82) is 0 Å². The summed E-state index contributed by atoms with van der Waals surface area (Å²) in [6.07, 6.45) is 5.01. The molecule has 2 amide bonds. The van der Waals surface area contributed by atoms with E-state index >= 15 is 0 Å². The summed E-state index contributed by atoms with van der Waals surface area (Å²) in [5.41, 5.74) is 0. The minimum absolute atomic E-state index is 0.0786. The van der Waals surface area contributed by atoms with Crippen LogP contribution in [0.25, 0.3) is 0 Å². The first-order valence-corrected chi connectivity index (χ1v) is 10.3.